The third-order valence-electron chi connectivity index (χ3n) is 8.17. The molecule has 0 aromatic heterocycles. The van der Waals surface area contributed by atoms with Crippen LogP contribution in [0.4, 0.5) is 0 Å². The van der Waals surface area contributed by atoms with Gasteiger partial charge in [-0.2, -0.15) is 0 Å². The van der Waals surface area contributed by atoms with E-state index in [1.165, 1.54) is 11.1 Å². The SMILES string of the molecule is CN1Cc2ccccc2CC1C(=O)N[C@H]1[C@@H]2CC[C@@H](C2)[C@H]1C(=O)N1CCCC1CO. The van der Waals surface area contributed by atoms with E-state index in [4.69, 9.17) is 0 Å². The van der Waals surface area contributed by atoms with Gasteiger partial charge in [0.05, 0.1) is 24.6 Å². The minimum absolute atomic E-state index is 0.0376. The molecule has 4 aliphatic rings. The monoisotopic (exact) mass is 411 g/mol. The third kappa shape index (κ3) is 3.34. The van der Waals surface area contributed by atoms with Gasteiger partial charge in [-0.1, -0.05) is 24.3 Å². The summed E-state index contributed by atoms with van der Waals surface area (Å²) in [4.78, 5) is 30.8. The van der Waals surface area contributed by atoms with Crippen molar-refractivity contribution < 1.29 is 14.7 Å². The fourth-order valence-electron chi connectivity index (χ4n) is 6.57. The lowest BCUT2D eigenvalue weighted by atomic mass is 9.82. The molecule has 6 atom stereocenters. The molecule has 2 unspecified atom stereocenters. The Morgan fingerprint density at radius 1 is 1.13 bits per heavy atom. The van der Waals surface area contributed by atoms with Gasteiger partial charge < -0.3 is 15.3 Å². The molecule has 6 nitrogen and oxygen atoms in total. The van der Waals surface area contributed by atoms with Gasteiger partial charge in [0.25, 0.3) is 0 Å². The molecule has 0 spiro atoms. The predicted molar refractivity (Wildman–Crippen MR) is 113 cm³/mol. The number of aliphatic hydroxyl groups excluding tert-OH is 1. The number of aliphatic hydroxyl groups is 1. The van der Waals surface area contributed by atoms with E-state index in [1.807, 2.05) is 18.0 Å². The first-order valence-electron chi connectivity index (χ1n) is 11.6. The van der Waals surface area contributed by atoms with Gasteiger partial charge in [-0.3, -0.25) is 14.5 Å². The van der Waals surface area contributed by atoms with Crippen molar-refractivity contribution in [2.75, 3.05) is 20.2 Å². The summed E-state index contributed by atoms with van der Waals surface area (Å²) in [6.45, 7) is 1.55. The molecule has 162 valence electrons. The highest BCUT2D eigenvalue weighted by molar-refractivity contribution is 5.85. The Labute approximate surface area is 178 Å². The molecule has 2 saturated carbocycles. The molecule has 2 aliphatic carbocycles. The highest BCUT2D eigenvalue weighted by Crippen LogP contribution is 2.49. The maximum atomic E-state index is 13.5. The van der Waals surface area contributed by atoms with E-state index in [9.17, 15) is 14.7 Å². The van der Waals surface area contributed by atoms with Crippen molar-refractivity contribution in [3.05, 3.63) is 35.4 Å². The smallest absolute Gasteiger partial charge is 0.237 e. The van der Waals surface area contributed by atoms with E-state index in [2.05, 4.69) is 28.4 Å². The molecule has 2 aliphatic heterocycles. The number of benzene rings is 1. The Morgan fingerprint density at radius 2 is 1.90 bits per heavy atom. The summed E-state index contributed by atoms with van der Waals surface area (Å²) >= 11 is 0. The van der Waals surface area contributed by atoms with E-state index < -0.39 is 0 Å². The molecule has 2 bridgehead atoms. The van der Waals surface area contributed by atoms with E-state index in [0.717, 1.165) is 51.6 Å². The van der Waals surface area contributed by atoms with Gasteiger partial charge in [-0.05, 0) is 68.5 Å². The second-order valence-corrected chi connectivity index (χ2v) is 9.81. The topological polar surface area (TPSA) is 72.9 Å². The molecule has 1 aromatic rings. The van der Waals surface area contributed by atoms with Crippen LogP contribution < -0.4 is 5.32 Å². The molecule has 6 heteroatoms. The molecule has 1 saturated heterocycles. The zero-order chi connectivity index (χ0) is 20.8. The van der Waals surface area contributed by atoms with Crippen LogP contribution in [-0.2, 0) is 22.6 Å². The average Bonchev–Trinajstić information content (AvgIpc) is 3.48. The fraction of sp³-hybridized carbons (Fsp3) is 0.667. The quantitative estimate of drug-likeness (QED) is 0.789. The normalized spacial score (nSPS) is 35.5. The molecule has 1 aromatic carbocycles. The Hall–Kier alpha value is -1.92. The Morgan fingerprint density at radius 3 is 2.70 bits per heavy atom. The summed E-state index contributed by atoms with van der Waals surface area (Å²) in [7, 11) is 2.01. The number of carbonyl (C=O) groups excluding carboxylic acids is 2. The molecule has 2 heterocycles. The molecule has 3 fully saturated rings. The van der Waals surface area contributed by atoms with Gasteiger partial charge in [0, 0.05) is 19.1 Å². The van der Waals surface area contributed by atoms with Gasteiger partial charge in [0.15, 0.2) is 0 Å². The van der Waals surface area contributed by atoms with Gasteiger partial charge in [-0.25, -0.2) is 0 Å². The standard InChI is InChI=1S/C24H33N3O3/c1-26-13-18-6-3-2-5-15(18)12-20(26)23(29)25-22-17-9-8-16(11-17)21(22)24(30)27-10-4-7-19(27)14-28/h2-3,5-6,16-17,19-22,28H,4,7-14H2,1H3,(H,25,29)/t16-,17+,19?,20?,21+,22-/m0/s1. The summed E-state index contributed by atoms with van der Waals surface area (Å²) < 4.78 is 0. The van der Waals surface area contributed by atoms with E-state index in [1.54, 1.807) is 0 Å². The number of fused-ring (bicyclic) bond motifs is 3. The highest BCUT2D eigenvalue weighted by Gasteiger charge is 2.53. The minimum atomic E-state index is -0.188. The van der Waals surface area contributed by atoms with Gasteiger partial charge in [-0.15, -0.1) is 0 Å². The summed E-state index contributed by atoms with van der Waals surface area (Å²) in [6, 6.07) is 8.05. The van der Waals surface area contributed by atoms with Crippen molar-refractivity contribution in [2.24, 2.45) is 17.8 Å². The predicted octanol–water partition coefficient (Wildman–Crippen LogP) is 1.56. The maximum Gasteiger partial charge on any atom is 0.237 e. The zero-order valence-electron chi connectivity index (χ0n) is 17.8. The van der Waals surface area contributed by atoms with E-state index in [0.29, 0.717) is 11.8 Å². The van der Waals surface area contributed by atoms with Crippen LogP contribution in [0.25, 0.3) is 0 Å². The van der Waals surface area contributed by atoms with Gasteiger partial charge >= 0.3 is 0 Å². The van der Waals surface area contributed by atoms with Crippen LogP contribution in [0.1, 0.15) is 43.2 Å². The maximum absolute atomic E-state index is 13.5. The highest BCUT2D eigenvalue weighted by atomic mass is 16.3. The van der Waals surface area contributed by atoms with Crippen LogP contribution in [-0.4, -0.2) is 65.0 Å². The average molecular weight is 412 g/mol. The van der Waals surface area contributed by atoms with Crippen molar-refractivity contribution in [3.8, 4) is 0 Å². The number of hydrogen-bond donors (Lipinski definition) is 2. The number of nitrogens with one attached hydrogen (secondary N) is 1. The van der Waals surface area contributed by atoms with Crippen LogP contribution >= 0.6 is 0 Å². The second kappa shape index (κ2) is 7.97. The molecule has 2 N–H and O–H groups in total. The second-order valence-electron chi connectivity index (χ2n) is 9.81. The zero-order valence-corrected chi connectivity index (χ0v) is 17.8. The molecule has 0 radical (unpaired) electrons. The van der Waals surface area contributed by atoms with Crippen LogP contribution in [0.5, 0.6) is 0 Å². The first kappa shape index (κ1) is 20.0. The number of likely N-dealkylation sites (tertiary alicyclic amines) is 1. The van der Waals surface area contributed by atoms with Crippen LogP contribution in [0.3, 0.4) is 0 Å². The van der Waals surface area contributed by atoms with Crippen LogP contribution in [0, 0.1) is 17.8 Å². The Balaban J connectivity index is 1.32. The number of likely N-dealkylation sites (N-methyl/N-ethyl adjacent to an activating group) is 1. The number of amides is 2. The Kier molecular flexibility index (Phi) is 5.31. The van der Waals surface area contributed by atoms with Crippen molar-refractivity contribution >= 4 is 11.8 Å². The molecular weight excluding hydrogens is 378 g/mol. The molecule has 5 rings (SSSR count). The Bertz CT molecular complexity index is 828. The van der Waals surface area contributed by atoms with Crippen LogP contribution in [0.2, 0.25) is 0 Å². The van der Waals surface area contributed by atoms with Crippen molar-refractivity contribution in [1.82, 2.24) is 15.1 Å². The lowest BCUT2D eigenvalue weighted by molar-refractivity contribution is -0.140. The number of carbonyl (C=O) groups is 2. The van der Waals surface area contributed by atoms with E-state index >= 15 is 0 Å². The van der Waals surface area contributed by atoms with Gasteiger partial charge in [0.2, 0.25) is 11.8 Å². The van der Waals surface area contributed by atoms with E-state index in [-0.39, 0.29) is 42.5 Å². The largest absolute Gasteiger partial charge is 0.394 e. The van der Waals surface area contributed by atoms with Gasteiger partial charge in [0.1, 0.15) is 0 Å². The van der Waals surface area contributed by atoms with Crippen molar-refractivity contribution in [3.63, 3.8) is 0 Å². The number of nitrogens with zero attached hydrogens (tertiary/aromatic N) is 2. The third-order valence-corrected chi connectivity index (χ3v) is 8.17. The summed E-state index contributed by atoms with van der Waals surface area (Å²) in [5, 5.41) is 13.0. The summed E-state index contributed by atoms with van der Waals surface area (Å²) in [5.74, 6) is 0.872. The first-order valence-corrected chi connectivity index (χ1v) is 11.6. The summed E-state index contributed by atoms with van der Waals surface area (Å²) in [5.41, 5.74) is 2.54. The lowest BCUT2D eigenvalue weighted by Gasteiger charge is -2.38. The lowest BCUT2D eigenvalue weighted by Crippen LogP contribution is -2.56. The fourth-order valence-corrected chi connectivity index (χ4v) is 6.57. The molecule has 30 heavy (non-hydrogen) atoms. The molecule has 2 amide bonds. The number of rotatable bonds is 4. The molecular formula is C24H33N3O3. The minimum Gasteiger partial charge on any atom is -0.394 e. The van der Waals surface area contributed by atoms with Crippen LogP contribution in [0.15, 0.2) is 24.3 Å². The first-order chi connectivity index (χ1) is 14.6. The summed E-state index contributed by atoms with van der Waals surface area (Å²) in [6.07, 6.45) is 5.79. The van der Waals surface area contributed by atoms with Crippen molar-refractivity contribution in [1.29, 1.82) is 0 Å². The number of hydrogen-bond acceptors (Lipinski definition) is 4. The van der Waals surface area contributed by atoms with Crippen molar-refractivity contribution in [2.45, 2.75) is 63.2 Å².